The molecule has 0 atom stereocenters. The van der Waals surface area contributed by atoms with Crippen LogP contribution in [-0.4, -0.2) is 23.1 Å². The Morgan fingerprint density at radius 2 is 1.21 bits per heavy atom. The zero-order valence-corrected chi connectivity index (χ0v) is 17.3. The second-order valence-corrected chi connectivity index (χ2v) is 10.0. The standard InChI is InChI=1S/C19H18N2O4S3/c1-26-17-10-12-18(13-11-17)27(22,23)21-16-8-5-9-19(14-16)28(24,25)20-15-6-3-2-4-7-15/h2-14,20-21H,1H3. The van der Waals surface area contributed by atoms with Gasteiger partial charge < -0.3 is 0 Å². The van der Waals surface area contributed by atoms with Crippen molar-refractivity contribution in [2.24, 2.45) is 0 Å². The van der Waals surface area contributed by atoms with Crippen molar-refractivity contribution in [3.8, 4) is 0 Å². The molecule has 0 amide bonds. The maximum atomic E-state index is 12.6. The van der Waals surface area contributed by atoms with E-state index in [0.717, 1.165) is 4.90 Å². The molecule has 0 fully saturated rings. The monoisotopic (exact) mass is 434 g/mol. The maximum Gasteiger partial charge on any atom is 0.261 e. The van der Waals surface area contributed by atoms with Gasteiger partial charge in [-0.25, -0.2) is 16.8 Å². The zero-order chi connectivity index (χ0) is 20.2. The highest BCUT2D eigenvalue weighted by Gasteiger charge is 2.18. The van der Waals surface area contributed by atoms with Gasteiger partial charge in [0, 0.05) is 10.6 Å². The molecule has 3 aromatic carbocycles. The van der Waals surface area contributed by atoms with Crippen molar-refractivity contribution in [3.05, 3.63) is 78.9 Å². The van der Waals surface area contributed by atoms with E-state index >= 15 is 0 Å². The van der Waals surface area contributed by atoms with Gasteiger partial charge in [0.1, 0.15) is 0 Å². The molecule has 0 spiro atoms. The third-order valence-corrected chi connectivity index (χ3v) is 7.31. The number of hydrogen-bond donors (Lipinski definition) is 2. The van der Waals surface area contributed by atoms with Crippen LogP contribution < -0.4 is 9.44 Å². The molecule has 3 rings (SSSR count). The molecule has 0 saturated heterocycles. The Kier molecular flexibility index (Phi) is 5.97. The van der Waals surface area contributed by atoms with E-state index in [1.165, 1.54) is 48.2 Å². The van der Waals surface area contributed by atoms with E-state index in [1.54, 1.807) is 42.5 Å². The summed E-state index contributed by atoms with van der Waals surface area (Å²) in [5, 5.41) is 0. The van der Waals surface area contributed by atoms with E-state index in [4.69, 9.17) is 0 Å². The fourth-order valence-electron chi connectivity index (χ4n) is 2.42. The zero-order valence-electron chi connectivity index (χ0n) is 14.9. The maximum absolute atomic E-state index is 12.6. The molecular weight excluding hydrogens is 416 g/mol. The Morgan fingerprint density at radius 1 is 0.643 bits per heavy atom. The molecular formula is C19H18N2O4S3. The number of benzene rings is 3. The summed E-state index contributed by atoms with van der Waals surface area (Å²) in [7, 11) is -7.69. The van der Waals surface area contributed by atoms with Crippen LogP contribution in [-0.2, 0) is 20.0 Å². The topological polar surface area (TPSA) is 92.3 Å². The number of anilines is 2. The SMILES string of the molecule is CSc1ccc(S(=O)(=O)Nc2cccc(S(=O)(=O)Nc3ccccc3)c2)cc1. The molecule has 0 unspecified atom stereocenters. The van der Waals surface area contributed by atoms with Crippen LogP contribution >= 0.6 is 11.8 Å². The summed E-state index contributed by atoms with van der Waals surface area (Å²) in [6.45, 7) is 0. The summed E-state index contributed by atoms with van der Waals surface area (Å²) in [4.78, 5) is 0.995. The van der Waals surface area contributed by atoms with Crippen LogP contribution in [0.5, 0.6) is 0 Å². The Hall–Kier alpha value is -2.49. The normalized spacial score (nSPS) is 11.8. The predicted molar refractivity (Wildman–Crippen MR) is 113 cm³/mol. The number of rotatable bonds is 7. The van der Waals surface area contributed by atoms with E-state index in [2.05, 4.69) is 9.44 Å². The first kappa shape index (κ1) is 20.2. The molecule has 9 heteroatoms. The number of para-hydroxylation sites is 1. The summed E-state index contributed by atoms with van der Waals surface area (Å²) in [6.07, 6.45) is 1.90. The first-order valence-electron chi connectivity index (χ1n) is 8.15. The number of sulfonamides is 2. The minimum Gasteiger partial charge on any atom is -0.280 e. The van der Waals surface area contributed by atoms with Crippen LogP contribution in [0.25, 0.3) is 0 Å². The molecule has 0 aliphatic carbocycles. The van der Waals surface area contributed by atoms with Crippen LogP contribution in [0.2, 0.25) is 0 Å². The molecule has 0 heterocycles. The molecule has 3 aromatic rings. The molecule has 2 N–H and O–H groups in total. The van der Waals surface area contributed by atoms with Gasteiger partial charge in [-0.3, -0.25) is 9.44 Å². The third kappa shape index (κ3) is 4.86. The summed E-state index contributed by atoms with van der Waals surface area (Å²) < 4.78 is 55.2. The molecule has 6 nitrogen and oxygen atoms in total. The fourth-order valence-corrected chi connectivity index (χ4v) is 4.98. The van der Waals surface area contributed by atoms with Crippen LogP contribution in [0.1, 0.15) is 0 Å². The van der Waals surface area contributed by atoms with Crippen molar-refractivity contribution in [1.82, 2.24) is 0 Å². The summed E-state index contributed by atoms with van der Waals surface area (Å²) in [5.41, 5.74) is 0.576. The summed E-state index contributed by atoms with van der Waals surface area (Å²) in [5.74, 6) is 0. The lowest BCUT2D eigenvalue weighted by molar-refractivity contribution is 0.598. The van der Waals surface area contributed by atoms with Crippen LogP contribution in [0.15, 0.2) is 93.5 Å². The average molecular weight is 435 g/mol. The van der Waals surface area contributed by atoms with Gasteiger partial charge in [-0.05, 0) is 60.9 Å². The molecule has 0 saturated carbocycles. The largest absolute Gasteiger partial charge is 0.280 e. The lowest BCUT2D eigenvalue weighted by Crippen LogP contribution is -2.15. The minimum absolute atomic E-state index is 0.0470. The molecule has 0 bridgehead atoms. The molecule has 0 aliphatic heterocycles. The van der Waals surface area contributed by atoms with E-state index in [9.17, 15) is 16.8 Å². The van der Waals surface area contributed by atoms with Crippen molar-refractivity contribution >= 4 is 43.2 Å². The van der Waals surface area contributed by atoms with E-state index in [-0.39, 0.29) is 15.5 Å². The van der Waals surface area contributed by atoms with Gasteiger partial charge in [-0.15, -0.1) is 11.8 Å². The van der Waals surface area contributed by atoms with Gasteiger partial charge in [0.2, 0.25) is 0 Å². The molecule has 146 valence electrons. The van der Waals surface area contributed by atoms with Gasteiger partial charge in [0.05, 0.1) is 15.5 Å². The second-order valence-electron chi connectivity index (χ2n) is 5.78. The molecule has 28 heavy (non-hydrogen) atoms. The molecule has 0 aliphatic rings. The van der Waals surface area contributed by atoms with Crippen molar-refractivity contribution in [2.45, 2.75) is 14.7 Å². The van der Waals surface area contributed by atoms with Gasteiger partial charge in [-0.2, -0.15) is 0 Å². The first-order valence-corrected chi connectivity index (χ1v) is 12.3. The van der Waals surface area contributed by atoms with Gasteiger partial charge in [-0.1, -0.05) is 24.3 Å². The first-order chi connectivity index (χ1) is 13.3. The van der Waals surface area contributed by atoms with Crippen molar-refractivity contribution in [3.63, 3.8) is 0 Å². The Balaban J connectivity index is 1.84. The fraction of sp³-hybridized carbons (Fsp3) is 0.0526. The summed E-state index contributed by atoms with van der Waals surface area (Å²) in [6, 6.07) is 20.5. The summed E-state index contributed by atoms with van der Waals surface area (Å²) >= 11 is 1.51. The smallest absolute Gasteiger partial charge is 0.261 e. The van der Waals surface area contributed by atoms with Gasteiger partial charge in [0.25, 0.3) is 20.0 Å². The minimum atomic E-state index is -3.85. The van der Waals surface area contributed by atoms with Crippen molar-refractivity contribution in [1.29, 1.82) is 0 Å². The lowest BCUT2D eigenvalue weighted by Gasteiger charge is -2.11. The Bertz CT molecular complexity index is 1160. The number of nitrogens with one attached hydrogen (secondary N) is 2. The predicted octanol–water partition coefficient (Wildman–Crippen LogP) is 4.01. The van der Waals surface area contributed by atoms with E-state index in [1.807, 2.05) is 6.26 Å². The van der Waals surface area contributed by atoms with E-state index < -0.39 is 20.0 Å². The highest BCUT2D eigenvalue weighted by molar-refractivity contribution is 7.98. The quantitative estimate of drug-likeness (QED) is 0.548. The van der Waals surface area contributed by atoms with Gasteiger partial charge >= 0.3 is 0 Å². The molecule has 0 radical (unpaired) electrons. The van der Waals surface area contributed by atoms with Crippen LogP contribution in [0.3, 0.4) is 0 Å². The Morgan fingerprint density at radius 3 is 1.86 bits per heavy atom. The average Bonchev–Trinajstić information content (AvgIpc) is 2.68. The number of hydrogen-bond acceptors (Lipinski definition) is 5. The second kappa shape index (κ2) is 8.26. The van der Waals surface area contributed by atoms with Crippen LogP contribution in [0.4, 0.5) is 11.4 Å². The van der Waals surface area contributed by atoms with Crippen molar-refractivity contribution in [2.75, 3.05) is 15.7 Å². The van der Waals surface area contributed by atoms with E-state index in [0.29, 0.717) is 5.69 Å². The highest BCUT2D eigenvalue weighted by atomic mass is 32.2. The van der Waals surface area contributed by atoms with Gasteiger partial charge in [0.15, 0.2) is 0 Å². The lowest BCUT2D eigenvalue weighted by atomic mass is 10.3. The number of thioether (sulfide) groups is 1. The highest BCUT2D eigenvalue weighted by Crippen LogP contribution is 2.23. The molecule has 0 aromatic heterocycles. The van der Waals surface area contributed by atoms with Crippen LogP contribution in [0, 0.1) is 0 Å². The third-order valence-electron chi connectivity index (χ3n) is 3.79. The Labute approximate surface area is 169 Å². The van der Waals surface area contributed by atoms with Crippen molar-refractivity contribution < 1.29 is 16.8 Å².